The SMILES string of the molecule is CSc1ccc(NC(=O)c2cc(C3CC3)on2)cc1. The summed E-state index contributed by atoms with van der Waals surface area (Å²) in [5.74, 6) is 1.06. The molecule has 1 aliphatic rings. The Morgan fingerprint density at radius 2 is 2.11 bits per heavy atom. The summed E-state index contributed by atoms with van der Waals surface area (Å²) in [5, 5.41) is 6.63. The van der Waals surface area contributed by atoms with Crippen molar-refractivity contribution < 1.29 is 9.32 Å². The third-order valence-electron chi connectivity index (χ3n) is 3.09. The molecule has 0 aliphatic heterocycles. The summed E-state index contributed by atoms with van der Waals surface area (Å²) in [6.45, 7) is 0. The van der Waals surface area contributed by atoms with E-state index in [9.17, 15) is 4.79 Å². The smallest absolute Gasteiger partial charge is 0.277 e. The zero-order valence-corrected chi connectivity index (χ0v) is 11.4. The van der Waals surface area contributed by atoms with Crippen LogP contribution in [0.5, 0.6) is 0 Å². The Morgan fingerprint density at radius 3 is 2.74 bits per heavy atom. The number of anilines is 1. The van der Waals surface area contributed by atoms with Crippen LogP contribution in [0.15, 0.2) is 39.8 Å². The van der Waals surface area contributed by atoms with Gasteiger partial charge in [0.15, 0.2) is 5.69 Å². The molecule has 19 heavy (non-hydrogen) atoms. The normalized spacial score (nSPS) is 14.4. The summed E-state index contributed by atoms with van der Waals surface area (Å²) in [7, 11) is 0. The molecule has 0 spiro atoms. The number of hydrogen-bond donors (Lipinski definition) is 1. The summed E-state index contributed by atoms with van der Waals surface area (Å²) in [6.07, 6.45) is 4.28. The van der Waals surface area contributed by atoms with Crippen molar-refractivity contribution in [1.29, 1.82) is 0 Å². The molecule has 1 aromatic carbocycles. The van der Waals surface area contributed by atoms with Crippen LogP contribution in [0.4, 0.5) is 5.69 Å². The van der Waals surface area contributed by atoms with E-state index in [0.717, 1.165) is 29.2 Å². The third-order valence-corrected chi connectivity index (χ3v) is 3.83. The van der Waals surface area contributed by atoms with Gasteiger partial charge in [-0.2, -0.15) is 0 Å². The van der Waals surface area contributed by atoms with E-state index >= 15 is 0 Å². The van der Waals surface area contributed by atoms with Crippen molar-refractivity contribution >= 4 is 23.4 Å². The Hall–Kier alpha value is -1.75. The van der Waals surface area contributed by atoms with Gasteiger partial charge in [0.2, 0.25) is 0 Å². The number of aromatic nitrogens is 1. The monoisotopic (exact) mass is 274 g/mol. The van der Waals surface area contributed by atoms with Crippen LogP contribution in [0.3, 0.4) is 0 Å². The number of benzene rings is 1. The summed E-state index contributed by atoms with van der Waals surface area (Å²) in [4.78, 5) is 13.1. The van der Waals surface area contributed by atoms with Gasteiger partial charge in [-0.25, -0.2) is 0 Å². The zero-order chi connectivity index (χ0) is 13.2. The van der Waals surface area contributed by atoms with Gasteiger partial charge in [-0.15, -0.1) is 11.8 Å². The van der Waals surface area contributed by atoms with Gasteiger partial charge in [-0.1, -0.05) is 5.16 Å². The molecule has 1 aliphatic carbocycles. The van der Waals surface area contributed by atoms with Crippen LogP contribution in [-0.2, 0) is 0 Å². The number of carbonyl (C=O) groups excluding carboxylic acids is 1. The van der Waals surface area contributed by atoms with Crippen LogP contribution in [0.25, 0.3) is 0 Å². The number of amides is 1. The van der Waals surface area contributed by atoms with E-state index in [1.54, 1.807) is 17.8 Å². The Kier molecular flexibility index (Phi) is 3.29. The molecule has 0 saturated heterocycles. The van der Waals surface area contributed by atoms with Crippen molar-refractivity contribution in [3.05, 3.63) is 41.8 Å². The van der Waals surface area contributed by atoms with Gasteiger partial charge in [0.05, 0.1) is 0 Å². The molecular weight excluding hydrogens is 260 g/mol. The fourth-order valence-electron chi connectivity index (χ4n) is 1.83. The molecule has 2 aromatic rings. The van der Waals surface area contributed by atoms with E-state index < -0.39 is 0 Å². The second-order valence-electron chi connectivity index (χ2n) is 4.57. The molecule has 1 fully saturated rings. The van der Waals surface area contributed by atoms with Crippen molar-refractivity contribution in [3.8, 4) is 0 Å². The Balaban J connectivity index is 1.68. The number of nitrogens with zero attached hydrogens (tertiary/aromatic N) is 1. The van der Waals surface area contributed by atoms with Crippen molar-refractivity contribution in [2.24, 2.45) is 0 Å². The standard InChI is InChI=1S/C14H14N2O2S/c1-19-11-6-4-10(5-7-11)15-14(17)12-8-13(18-16-12)9-2-3-9/h4-9H,2-3H2,1H3,(H,15,17). The molecule has 1 N–H and O–H groups in total. The molecular formula is C14H14N2O2S. The molecule has 3 rings (SSSR count). The highest BCUT2D eigenvalue weighted by Crippen LogP contribution is 2.40. The lowest BCUT2D eigenvalue weighted by Gasteiger charge is -2.03. The highest BCUT2D eigenvalue weighted by molar-refractivity contribution is 7.98. The van der Waals surface area contributed by atoms with E-state index in [2.05, 4.69) is 10.5 Å². The van der Waals surface area contributed by atoms with E-state index in [0.29, 0.717) is 11.6 Å². The van der Waals surface area contributed by atoms with Crippen LogP contribution in [0.1, 0.15) is 35.0 Å². The van der Waals surface area contributed by atoms with Gasteiger partial charge in [0.1, 0.15) is 5.76 Å². The maximum Gasteiger partial charge on any atom is 0.277 e. The number of thioether (sulfide) groups is 1. The van der Waals surface area contributed by atoms with Crippen LogP contribution in [0.2, 0.25) is 0 Å². The molecule has 0 unspecified atom stereocenters. The van der Waals surface area contributed by atoms with Crippen molar-refractivity contribution in [3.63, 3.8) is 0 Å². The Labute approximate surface area is 115 Å². The van der Waals surface area contributed by atoms with E-state index in [1.165, 1.54) is 0 Å². The lowest BCUT2D eigenvalue weighted by Crippen LogP contribution is -2.11. The van der Waals surface area contributed by atoms with E-state index in [4.69, 9.17) is 4.52 Å². The molecule has 0 radical (unpaired) electrons. The second-order valence-corrected chi connectivity index (χ2v) is 5.45. The number of rotatable bonds is 4. The molecule has 1 amide bonds. The highest BCUT2D eigenvalue weighted by atomic mass is 32.2. The van der Waals surface area contributed by atoms with Gasteiger partial charge in [-0.05, 0) is 43.4 Å². The lowest BCUT2D eigenvalue weighted by molar-refractivity contribution is 0.101. The van der Waals surface area contributed by atoms with Gasteiger partial charge in [-0.3, -0.25) is 4.79 Å². The van der Waals surface area contributed by atoms with Crippen molar-refractivity contribution in [2.75, 3.05) is 11.6 Å². The number of carbonyl (C=O) groups is 1. The minimum atomic E-state index is -0.229. The first-order chi connectivity index (χ1) is 9.26. The highest BCUT2D eigenvalue weighted by Gasteiger charge is 2.28. The zero-order valence-electron chi connectivity index (χ0n) is 10.6. The average molecular weight is 274 g/mol. The third kappa shape index (κ3) is 2.81. The molecule has 1 aromatic heterocycles. The van der Waals surface area contributed by atoms with Crippen molar-refractivity contribution in [2.45, 2.75) is 23.7 Å². The summed E-state index contributed by atoms with van der Waals surface area (Å²) < 4.78 is 5.17. The predicted molar refractivity (Wildman–Crippen MR) is 74.7 cm³/mol. The fourth-order valence-corrected chi connectivity index (χ4v) is 2.23. The van der Waals surface area contributed by atoms with Crippen LogP contribution < -0.4 is 5.32 Å². The Bertz CT molecular complexity index is 588. The first-order valence-electron chi connectivity index (χ1n) is 6.18. The summed E-state index contributed by atoms with van der Waals surface area (Å²) in [5.41, 5.74) is 1.11. The fraction of sp³-hybridized carbons (Fsp3) is 0.286. The molecule has 1 heterocycles. The minimum absolute atomic E-state index is 0.229. The van der Waals surface area contributed by atoms with E-state index in [-0.39, 0.29) is 5.91 Å². The van der Waals surface area contributed by atoms with Crippen LogP contribution in [-0.4, -0.2) is 17.3 Å². The maximum atomic E-state index is 12.0. The second kappa shape index (κ2) is 5.09. The van der Waals surface area contributed by atoms with Gasteiger partial charge in [0.25, 0.3) is 5.91 Å². The summed E-state index contributed by atoms with van der Waals surface area (Å²) >= 11 is 1.67. The van der Waals surface area contributed by atoms with Gasteiger partial charge in [0, 0.05) is 22.6 Å². The molecule has 98 valence electrons. The van der Waals surface area contributed by atoms with E-state index in [1.807, 2.05) is 30.5 Å². The minimum Gasteiger partial charge on any atom is -0.360 e. The van der Waals surface area contributed by atoms with Crippen molar-refractivity contribution in [1.82, 2.24) is 5.16 Å². The molecule has 1 saturated carbocycles. The molecule has 0 bridgehead atoms. The van der Waals surface area contributed by atoms with Crippen LogP contribution in [0, 0.1) is 0 Å². The number of nitrogens with one attached hydrogen (secondary N) is 1. The average Bonchev–Trinajstić information content (AvgIpc) is 3.17. The number of hydrogen-bond acceptors (Lipinski definition) is 4. The topological polar surface area (TPSA) is 55.1 Å². The Morgan fingerprint density at radius 1 is 1.37 bits per heavy atom. The van der Waals surface area contributed by atoms with Gasteiger partial charge >= 0.3 is 0 Å². The first kappa shape index (κ1) is 12.3. The quantitative estimate of drug-likeness (QED) is 0.867. The molecule has 4 nitrogen and oxygen atoms in total. The maximum absolute atomic E-state index is 12.0. The molecule has 5 heteroatoms. The largest absolute Gasteiger partial charge is 0.360 e. The van der Waals surface area contributed by atoms with Crippen LogP contribution >= 0.6 is 11.8 Å². The summed E-state index contributed by atoms with van der Waals surface area (Å²) in [6, 6.07) is 9.44. The molecule has 0 atom stereocenters. The lowest BCUT2D eigenvalue weighted by atomic mass is 10.2. The first-order valence-corrected chi connectivity index (χ1v) is 7.41. The predicted octanol–water partition coefficient (Wildman–Crippen LogP) is 3.53. The van der Waals surface area contributed by atoms with Gasteiger partial charge < -0.3 is 9.84 Å².